The van der Waals surface area contributed by atoms with Gasteiger partial charge in [-0.3, -0.25) is 14.4 Å². The molecule has 10 heteroatoms. The number of hydrogen-bond acceptors (Lipinski definition) is 8. The Kier molecular flexibility index (Phi) is 8.39. The number of nitrogens with zero attached hydrogens (tertiary/aromatic N) is 1. The van der Waals surface area contributed by atoms with Crippen molar-refractivity contribution in [2.75, 3.05) is 14.2 Å². The molecule has 2 aromatic heterocycles. The number of ketones is 2. The quantitative estimate of drug-likeness (QED) is 0.551. The molecule has 2 aromatic rings. The molecule has 0 aliphatic heterocycles. The Morgan fingerprint density at radius 2 is 1.39 bits per heavy atom. The molecule has 0 atom stereocenters. The summed E-state index contributed by atoms with van der Waals surface area (Å²) in [5, 5.41) is 0. The monoisotopic (exact) mass is 452 g/mol. The smallest absolute Gasteiger partial charge is 0.356 e. The highest BCUT2D eigenvalue weighted by molar-refractivity contribution is 9.10. The van der Waals surface area contributed by atoms with Gasteiger partial charge in [0.05, 0.1) is 19.9 Å². The van der Waals surface area contributed by atoms with Crippen molar-refractivity contribution in [3.63, 3.8) is 0 Å². The van der Waals surface area contributed by atoms with E-state index in [0.29, 0.717) is 4.47 Å². The maximum atomic E-state index is 11.1. The first-order valence-electron chi connectivity index (χ1n) is 7.69. The Morgan fingerprint density at radius 1 is 0.857 bits per heavy atom. The number of ether oxygens (including phenoxy) is 2. The number of aromatic nitrogens is 2. The van der Waals surface area contributed by atoms with Crippen molar-refractivity contribution >= 4 is 39.4 Å². The van der Waals surface area contributed by atoms with Gasteiger partial charge in [0.2, 0.25) is 0 Å². The predicted molar refractivity (Wildman–Crippen MR) is 102 cm³/mol. The number of esters is 2. The molecule has 1 N–H and O–H groups in total. The number of halogens is 1. The molecule has 0 spiro atoms. The van der Waals surface area contributed by atoms with Crippen LogP contribution in [0.1, 0.15) is 55.8 Å². The van der Waals surface area contributed by atoms with Gasteiger partial charge in [-0.05, 0) is 12.1 Å². The lowest BCUT2D eigenvalue weighted by atomic mass is 10.2. The second kappa shape index (κ2) is 10.3. The molecular formula is C18H17BrN2O7. The minimum atomic E-state index is -0.676. The van der Waals surface area contributed by atoms with Crippen LogP contribution in [0.3, 0.4) is 0 Å². The number of pyridine rings is 2. The van der Waals surface area contributed by atoms with Crippen LogP contribution in [0.4, 0.5) is 0 Å². The Balaban J connectivity index is 0.000000280. The van der Waals surface area contributed by atoms with Gasteiger partial charge in [0.15, 0.2) is 17.0 Å². The van der Waals surface area contributed by atoms with Gasteiger partial charge in [-0.15, -0.1) is 0 Å². The summed E-state index contributed by atoms with van der Waals surface area (Å²) in [4.78, 5) is 61.5. The van der Waals surface area contributed by atoms with E-state index in [0.717, 1.165) is 12.1 Å². The highest BCUT2D eigenvalue weighted by Gasteiger charge is 2.12. The van der Waals surface area contributed by atoms with Crippen molar-refractivity contribution in [2.24, 2.45) is 0 Å². The second-order valence-corrected chi connectivity index (χ2v) is 6.21. The zero-order valence-electron chi connectivity index (χ0n) is 15.5. The average molecular weight is 453 g/mol. The average Bonchev–Trinajstić information content (AvgIpc) is 2.66. The second-order valence-electron chi connectivity index (χ2n) is 5.29. The Labute approximate surface area is 168 Å². The molecule has 0 amide bonds. The molecule has 2 rings (SSSR count). The SMILES string of the molecule is COC(=O)c1cc(=O)cc(C(C)=O)[nH]1.COC(=O)c1cc(Br)cc(C(C)=O)n1. The number of Topliss-reactive ketones (excluding diaryl/α,β-unsaturated/α-hetero) is 2. The molecule has 0 saturated carbocycles. The lowest BCUT2D eigenvalue weighted by Crippen LogP contribution is -2.14. The normalized spacial score (nSPS) is 9.61. The topological polar surface area (TPSA) is 132 Å². The van der Waals surface area contributed by atoms with Crippen LogP contribution in [-0.2, 0) is 9.47 Å². The zero-order valence-corrected chi connectivity index (χ0v) is 17.1. The minimum Gasteiger partial charge on any atom is -0.464 e. The summed E-state index contributed by atoms with van der Waals surface area (Å²) in [7, 11) is 2.46. The van der Waals surface area contributed by atoms with Gasteiger partial charge in [-0.25, -0.2) is 14.6 Å². The first kappa shape index (κ1) is 22.9. The van der Waals surface area contributed by atoms with Crippen molar-refractivity contribution in [3.05, 3.63) is 61.7 Å². The van der Waals surface area contributed by atoms with Gasteiger partial charge in [-0.1, -0.05) is 15.9 Å². The molecule has 148 valence electrons. The predicted octanol–water partition coefficient (Wildman–Crippen LogP) is 2.20. The fraction of sp³-hybridized carbons (Fsp3) is 0.222. The summed E-state index contributed by atoms with van der Waals surface area (Å²) in [5.74, 6) is -1.75. The van der Waals surface area contributed by atoms with Crippen LogP contribution >= 0.6 is 15.9 Å². The Hall–Kier alpha value is -3.14. The highest BCUT2D eigenvalue weighted by atomic mass is 79.9. The largest absolute Gasteiger partial charge is 0.464 e. The van der Waals surface area contributed by atoms with Crippen LogP contribution in [0.25, 0.3) is 0 Å². The van der Waals surface area contributed by atoms with Crippen LogP contribution < -0.4 is 5.43 Å². The van der Waals surface area contributed by atoms with E-state index < -0.39 is 17.4 Å². The van der Waals surface area contributed by atoms with Crippen LogP contribution in [0.15, 0.2) is 33.5 Å². The van der Waals surface area contributed by atoms with Crippen LogP contribution in [0.5, 0.6) is 0 Å². The van der Waals surface area contributed by atoms with Gasteiger partial charge in [0.1, 0.15) is 17.1 Å². The van der Waals surface area contributed by atoms with E-state index in [-0.39, 0.29) is 34.3 Å². The molecule has 0 aromatic carbocycles. The first-order chi connectivity index (χ1) is 13.1. The Bertz CT molecular complexity index is 982. The number of carbonyl (C=O) groups is 4. The maximum Gasteiger partial charge on any atom is 0.356 e. The van der Waals surface area contributed by atoms with Crippen LogP contribution in [0.2, 0.25) is 0 Å². The van der Waals surface area contributed by atoms with E-state index in [1.807, 2.05) is 0 Å². The first-order valence-corrected chi connectivity index (χ1v) is 8.48. The number of hydrogen-bond donors (Lipinski definition) is 1. The van der Waals surface area contributed by atoms with Crippen LogP contribution in [0, 0.1) is 0 Å². The van der Waals surface area contributed by atoms with Gasteiger partial charge in [0, 0.05) is 30.5 Å². The molecule has 28 heavy (non-hydrogen) atoms. The number of aromatic amines is 1. The van der Waals surface area contributed by atoms with E-state index in [1.54, 1.807) is 6.07 Å². The van der Waals surface area contributed by atoms with E-state index in [4.69, 9.17) is 0 Å². The third-order valence-corrected chi connectivity index (χ3v) is 3.63. The van der Waals surface area contributed by atoms with Gasteiger partial charge < -0.3 is 14.5 Å². The number of rotatable bonds is 4. The summed E-state index contributed by atoms with van der Waals surface area (Å²) < 4.78 is 9.52. The van der Waals surface area contributed by atoms with Gasteiger partial charge in [-0.2, -0.15) is 0 Å². The molecule has 0 radical (unpaired) electrons. The summed E-state index contributed by atoms with van der Waals surface area (Å²) in [6.07, 6.45) is 0. The maximum absolute atomic E-state index is 11.1. The van der Waals surface area contributed by atoms with Crippen molar-refractivity contribution in [3.8, 4) is 0 Å². The van der Waals surface area contributed by atoms with Crippen molar-refractivity contribution in [2.45, 2.75) is 13.8 Å². The third-order valence-electron chi connectivity index (χ3n) is 3.17. The number of nitrogens with one attached hydrogen (secondary N) is 1. The molecule has 2 heterocycles. The highest BCUT2D eigenvalue weighted by Crippen LogP contribution is 2.13. The molecule has 0 aliphatic rings. The van der Waals surface area contributed by atoms with Gasteiger partial charge >= 0.3 is 11.9 Å². The lowest BCUT2D eigenvalue weighted by Gasteiger charge is -2.01. The summed E-state index contributed by atoms with van der Waals surface area (Å²) in [5.41, 5.74) is 0.0179. The van der Waals surface area contributed by atoms with E-state index in [1.165, 1.54) is 34.1 Å². The number of carbonyl (C=O) groups excluding carboxylic acids is 4. The van der Waals surface area contributed by atoms with Gasteiger partial charge in [0.25, 0.3) is 0 Å². The van der Waals surface area contributed by atoms with E-state index >= 15 is 0 Å². The fourth-order valence-electron chi connectivity index (χ4n) is 1.84. The third kappa shape index (κ3) is 6.54. The van der Waals surface area contributed by atoms with E-state index in [2.05, 4.69) is 35.4 Å². The molecular weight excluding hydrogens is 436 g/mol. The van der Waals surface area contributed by atoms with Crippen molar-refractivity contribution < 1.29 is 28.7 Å². The summed E-state index contributed by atoms with van der Waals surface area (Å²) in [6.45, 7) is 2.68. The fourth-order valence-corrected chi connectivity index (χ4v) is 2.27. The molecule has 0 saturated heterocycles. The standard InChI is InChI=1S/C9H8BrNO3.C9H9NO4/c1-5(12)7-3-6(10)4-8(11-7)9(13)14-2;1-5(11)7-3-6(12)4-8(10-7)9(13)14-2/h3-4H,1-2H3;3-4H,1-2H3,(H,10,12). The van der Waals surface area contributed by atoms with Crippen molar-refractivity contribution in [1.29, 1.82) is 0 Å². The molecule has 0 aliphatic carbocycles. The number of H-pyrrole nitrogens is 1. The molecule has 0 fully saturated rings. The number of methoxy groups -OCH3 is 2. The zero-order chi connectivity index (χ0) is 21.4. The molecule has 9 nitrogen and oxygen atoms in total. The molecule has 0 bridgehead atoms. The van der Waals surface area contributed by atoms with E-state index in [9.17, 15) is 24.0 Å². The minimum absolute atomic E-state index is 0.0230. The molecule has 0 unspecified atom stereocenters. The Morgan fingerprint density at radius 3 is 1.89 bits per heavy atom. The summed E-state index contributed by atoms with van der Waals surface area (Å²) in [6, 6.07) is 5.26. The lowest BCUT2D eigenvalue weighted by molar-refractivity contribution is 0.0584. The van der Waals surface area contributed by atoms with Crippen molar-refractivity contribution in [1.82, 2.24) is 9.97 Å². The summed E-state index contributed by atoms with van der Waals surface area (Å²) >= 11 is 3.18. The van der Waals surface area contributed by atoms with Crippen LogP contribution in [-0.4, -0.2) is 47.7 Å².